The maximum Gasteiger partial charge on any atom is 0.310 e. The highest BCUT2D eigenvalue weighted by molar-refractivity contribution is 9.08. The van der Waals surface area contributed by atoms with Crippen molar-refractivity contribution in [3.8, 4) is 0 Å². The van der Waals surface area contributed by atoms with Crippen molar-refractivity contribution in [3.05, 3.63) is 38.9 Å². The van der Waals surface area contributed by atoms with E-state index in [2.05, 4.69) is 15.9 Å². The molecule has 0 bridgehead atoms. The summed E-state index contributed by atoms with van der Waals surface area (Å²) in [6, 6.07) is 3.28. The molecule has 0 amide bonds. The van der Waals surface area contributed by atoms with Gasteiger partial charge in [-0.15, -0.1) is 0 Å². The first-order chi connectivity index (χ1) is 8.49. The molecule has 0 aliphatic rings. The molecule has 0 aromatic heterocycles. The minimum Gasteiger partial charge on any atom is -0.466 e. The largest absolute Gasteiger partial charge is 0.466 e. The molecule has 5 nitrogen and oxygen atoms in total. The van der Waals surface area contributed by atoms with E-state index >= 15 is 0 Å². The first-order valence-corrected chi connectivity index (χ1v) is 6.60. The number of esters is 1. The van der Waals surface area contributed by atoms with Crippen LogP contribution in [-0.2, 0) is 21.3 Å². The lowest BCUT2D eigenvalue weighted by atomic mass is 10.0. The summed E-state index contributed by atoms with van der Waals surface area (Å²) in [5, 5.41) is 11.3. The summed E-state index contributed by atoms with van der Waals surface area (Å²) in [4.78, 5) is 22.0. The van der Waals surface area contributed by atoms with Crippen LogP contribution in [0.25, 0.3) is 0 Å². The summed E-state index contributed by atoms with van der Waals surface area (Å²) >= 11 is 3.22. The summed E-state index contributed by atoms with van der Waals surface area (Å²) < 4.78 is 4.86. The second-order valence-electron chi connectivity index (χ2n) is 3.79. The standard InChI is InChI=1S/C12H14BrNO4/c1-3-18-12(15)6-9-4-8(2)5-11(14(16)17)10(9)7-13/h4-5H,3,6-7H2,1-2H3. The Morgan fingerprint density at radius 2 is 2.17 bits per heavy atom. The van der Waals surface area contributed by atoms with Gasteiger partial charge in [0.1, 0.15) is 0 Å². The van der Waals surface area contributed by atoms with Gasteiger partial charge in [0.2, 0.25) is 0 Å². The number of hydrogen-bond acceptors (Lipinski definition) is 4. The lowest BCUT2D eigenvalue weighted by Gasteiger charge is -2.09. The van der Waals surface area contributed by atoms with Gasteiger partial charge in [0.15, 0.2) is 0 Å². The minimum absolute atomic E-state index is 0.0335. The number of rotatable bonds is 5. The molecule has 0 atom stereocenters. The van der Waals surface area contributed by atoms with Crippen LogP contribution in [0, 0.1) is 17.0 Å². The van der Waals surface area contributed by atoms with Crippen molar-refractivity contribution in [1.29, 1.82) is 0 Å². The van der Waals surface area contributed by atoms with Crippen molar-refractivity contribution in [2.24, 2.45) is 0 Å². The predicted molar refractivity (Wildman–Crippen MR) is 70.8 cm³/mol. The van der Waals surface area contributed by atoms with E-state index in [9.17, 15) is 14.9 Å². The number of nitro groups is 1. The Hall–Kier alpha value is -1.43. The first-order valence-electron chi connectivity index (χ1n) is 5.48. The third kappa shape index (κ3) is 3.53. The molecular weight excluding hydrogens is 302 g/mol. The molecule has 0 unspecified atom stereocenters. The van der Waals surface area contributed by atoms with Crippen molar-refractivity contribution in [2.45, 2.75) is 25.6 Å². The van der Waals surface area contributed by atoms with E-state index in [1.165, 1.54) is 6.07 Å². The van der Waals surface area contributed by atoms with Crippen molar-refractivity contribution in [1.82, 2.24) is 0 Å². The van der Waals surface area contributed by atoms with Crippen molar-refractivity contribution in [2.75, 3.05) is 6.61 Å². The molecule has 1 aromatic carbocycles. The number of nitro benzene ring substituents is 1. The number of halogens is 1. The van der Waals surface area contributed by atoms with Gasteiger partial charge in [-0.05, 0) is 25.0 Å². The van der Waals surface area contributed by atoms with E-state index in [0.29, 0.717) is 23.1 Å². The molecular formula is C12H14BrNO4. The Labute approximate surface area is 113 Å². The number of carbonyl (C=O) groups excluding carboxylic acids is 1. The molecule has 0 fully saturated rings. The lowest BCUT2D eigenvalue weighted by Crippen LogP contribution is -2.10. The highest BCUT2D eigenvalue weighted by Gasteiger charge is 2.19. The van der Waals surface area contributed by atoms with Gasteiger partial charge in [0, 0.05) is 17.0 Å². The number of hydrogen-bond donors (Lipinski definition) is 0. The van der Waals surface area contributed by atoms with Crippen LogP contribution >= 0.6 is 15.9 Å². The SMILES string of the molecule is CCOC(=O)Cc1cc(C)cc([N+](=O)[O-])c1CBr. The third-order valence-corrected chi connectivity index (χ3v) is 2.99. The van der Waals surface area contributed by atoms with Crippen LogP contribution < -0.4 is 0 Å². The average molecular weight is 316 g/mol. The number of alkyl halides is 1. The van der Waals surface area contributed by atoms with Gasteiger partial charge in [0.05, 0.1) is 18.0 Å². The Kier molecular flexibility index (Phi) is 5.27. The third-order valence-electron chi connectivity index (χ3n) is 2.43. The van der Waals surface area contributed by atoms with E-state index < -0.39 is 4.92 Å². The molecule has 1 rings (SSSR count). The Bertz CT molecular complexity index is 473. The first kappa shape index (κ1) is 14.6. The summed E-state index contributed by atoms with van der Waals surface area (Å²) in [6.07, 6.45) is 0.0529. The normalized spacial score (nSPS) is 10.2. The van der Waals surface area contributed by atoms with Crippen LogP contribution in [-0.4, -0.2) is 17.5 Å². The van der Waals surface area contributed by atoms with Gasteiger partial charge in [-0.2, -0.15) is 0 Å². The van der Waals surface area contributed by atoms with Crippen LogP contribution in [0.4, 0.5) is 5.69 Å². The highest BCUT2D eigenvalue weighted by Crippen LogP contribution is 2.27. The van der Waals surface area contributed by atoms with Gasteiger partial charge < -0.3 is 4.74 Å². The summed E-state index contributed by atoms with van der Waals surface area (Å²) in [6.45, 7) is 3.79. The van der Waals surface area contributed by atoms with Gasteiger partial charge in [-0.3, -0.25) is 14.9 Å². The molecule has 18 heavy (non-hydrogen) atoms. The number of carbonyl (C=O) groups is 1. The zero-order valence-corrected chi connectivity index (χ0v) is 11.8. The number of benzene rings is 1. The van der Waals surface area contributed by atoms with E-state index in [-0.39, 0.29) is 18.1 Å². The van der Waals surface area contributed by atoms with Crippen LogP contribution in [0.5, 0.6) is 0 Å². The molecule has 98 valence electrons. The molecule has 0 radical (unpaired) electrons. The zero-order valence-electron chi connectivity index (χ0n) is 10.2. The molecule has 0 spiro atoms. The molecule has 0 aliphatic heterocycles. The van der Waals surface area contributed by atoms with Gasteiger partial charge >= 0.3 is 5.97 Å². The van der Waals surface area contributed by atoms with E-state index in [1.807, 2.05) is 0 Å². The van der Waals surface area contributed by atoms with E-state index in [4.69, 9.17) is 4.74 Å². The van der Waals surface area contributed by atoms with Gasteiger partial charge in [0.25, 0.3) is 5.69 Å². The van der Waals surface area contributed by atoms with Crippen molar-refractivity contribution >= 4 is 27.6 Å². The predicted octanol–water partition coefficient (Wildman–Crippen LogP) is 2.90. The Morgan fingerprint density at radius 1 is 1.50 bits per heavy atom. The minimum atomic E-state index is -0.432. The van der Waals surface area contributed by atoms with Crippen molar-refractivity contribution in [3.63, 3.8) is 0 Å². The van der Waals surface area contributed by atoms with Crippen LogP contribution in [0.2, 0.25) is 0 Å². The summed E-state index contributed by atoms with van der Waals surface area (Å²) in [5.74, 6) is -0.375. The fraction of sp³-hybridized carbons (Fsp3) is 0.417. The maximum atomic E-state index is 11.5. The monoisotopic (exact) mass is 315 g/mol. The van der Waals surface area contributed by atoms with E-state index in [0.717, 1.165) is 5.56 Å². The highest BCUT2D eigenvalue weighted by atomic mass is 79.9. The number of nitrogens with zero attached hydrogens (tertiary/aromatic N) is 1. The zero-order chi connectivity index (χ0) is 13.7. The smallest absolute Gasteiger partial charge is 0.310 e. The number of ether oxygens (including phenoxy) is 1. The fourth-order valence-corrected chi connectivity index (χ4v) is 2.36. The second-order valence-corrected chi connectivity index (χ2v) is 4.35. The molecule has 0 aliphatic carbocycles. The quantitative estimate of drug-likeness (QED) is 0.362. The van der Waals surface area contributed by atoms with Crippen molar-refractivity contribution < 1.29 is 14.5 Å². The molecule has 0 saturated heterocycles. The van der Waals surface area contributed by atoms with E-state index in [1.54, 1.807) is 19.9 Å². The van der Waals surface area contributed by atoms with Gasteiger partial charge in [-0.25, -0.2) is 0 Å². The molecule has 0 heterocycles. The Morgan fingerprint density at radius 3 is 2.67 bits per heavy atom. The average Bonchev–Trinajstić information content (AvgIpc) is 2.28. The Balaban J connectivity index is 3.17. The molecule has 1 aromatic rings. The second kappa shape index (κ2) is 6.49. The van der Waals surface area contributed by atoms with Crippen LogP contribution in [0.15, 0.2) is 12.1 Å². The molecule has 0 saturated carbocycles. The fourth-order valence-electron chi connectivity index (χ4n) is 1.71. The maximum absolute atomic E-state index is 11.5. The molecule has 0 N–H and O–H groups in total. The van der Waals surface area contributed by atoms with Crippen LogP contribution in [0.1, 0.15) is 23.6 Å². The summed E-state index contributed by atoms with van der Waals surface area (Å²) in [7, 11) is 0. The summed E-state index contributed by atoms with van der Waals surface area (Å²) in [5.41, 5.74) is 1.95. The van der Waals surface area contributed by atoms with Gasteiger partial charge in [-0.1, -0.05) is 22.0 Å². The molecule has 6 heteroatoms. The lowest BCUT2D eigenvalue weighted by molar-refractivity contribution is -0.385. The number of aryl methyl sites for hydroxylation is 1. The topological polar surface area (TPSA) is 69.4 Å². The van der Waals surface area contributed by atoms with Crippen LogP contribution in [0.3, 0.4) is 0 Å².